The highest BCUT2D eigenvalue weighted by Gasteiger charge is 2.15. The molecular formula is C8H12N2O2. The summed E-state index contributed by atoms with van der Waals surface area (Å²) in [4.78, 5) is 23.2. The molecule has 66 valence electrons. The molecule has 0 unspecified atom stereocenters. The SMILES string of the molecule is CC(=O)N1C=C(C(N)=O)CCC1. The topological polar surface area (TPSA) is 63.4 Å². The van der Waals surface area contributed by atoms with Gasteiger partial charge in [-0.2, -0.15) is 0 Å². The highest BCUT2D eigenvalue weighted by atomic mass is 16.2. The van der Waals surface area contributed by atoms with E-state index in [1.165, 1.54) is 11.8 Å². The average Bonchev–Trinajstić information content (AvgIpc) is 2.04. The highest BCUT2D eigenvalue weighted by Crippen LogP contribution is 2.13. The van der Waals surface area contributed by atoms with Gasteiger partial charge in [0.1, 0.15) is 0 Å². The van der Waals surface area contributed by atoms with Gasteiger partial charge in [-0.15, -0.1) is 0 Å². The zero-order valence-electron chi connectivity index (χ0n) is 7.04. The van der Waals surface area contributed by atoms with Crippen LogP contribution in [-0.4, -0.2) is 23.3 Å². The number of rotatable bonds is 1. The third kappa shape index (κ3) is 1.84. The summed E-state index contributed by atoms with van der Waals surface area (Å²) in [5.41, 5.74) is 5.62. The second-order valence-electron chi connectivity index (χ2n) is 2.83. The minimum atomic E-state index is -0.430. The molecular weight excluding hydrogens is 156 g/mol. The number of carbonyl (C=O) groups is 2. The standard InChI is InChI=1S/C8H12N2O2/c1-6(11)10-4-2-3-7(5-10)8(9)12/h5H,2-4H2,1H3,(H2,9,12). The van der Waals surface area contributed by atoms with Gasteiger partial charge in [0.05, 0.1) is 0 Å². The summed E-state index contributed by atoms with van der Waals surface area (Å²) in [6.07, 6.45) is 3.04. The summed E-state index contributed by atoms with van der Waals surface area (Å²) < 4.78 is 0. The van der Waals surface area contributed by atoms with Crippen molar-refractivity contribution in [1.29, 1.82) is 0 Å². The van der Waals surface area contributed by atoms with Crippen molar-refractivity contribution < 1.29 is 9.59 Å². The van der Waals surface area contributed by atoms with Crippen LogP contribution in [0.5, 0.6) is 0 Å². The number of hydrogen-bond donors (Lipinski definition) is 1. The molecule has 0 atom stereocenters. The van der Waals surface area contributed by atoms with Crippen LogP contribution in [0.3, 0.4) is 0 Å². The summed E-state index contributed by atoms with van der Waals surface area (Å²) in [6, 6.07) is 0. The van der Waals surface area contributed by atoms with Crippen molar-refractivity contribution in [2.45, 2.75) is 19.8 Å². The maximum atomic E-state index is 10.9. The quantitative estimate of drug-likeness (QED) is 0.599. The molecule has 0 aliphatic carbocycles. The first-order valence-electron chi connectivity index (χ1n) is 3.89. The lowest BCUT2D eigenvalue weighted by molar-refractivity contribution is -0.126. The average molecular weight is 168 g/mol. The predicted octanol–water partition coefficient (Wildman–Crippen LogP) is -0.00210. The van der Waals surface area contributed by atoms with Crippen LogP contribution >= 0.6 is 0 Å². The van der Waals surface area contributed by atoms with E-state index >= 15 is 0 Å². The molecule has 1 heterocycles. The Labute approximate surface area is 71.0 Å². The summed E-state index contributed by atoms with van der Waals surface area (Å²) in [6.45, 7) is 2.16. The second-order valence-corrected chi connectivity index (χ2v) is 2.83. The number of primary amides is 1. The van der Waals surface area contributed by atoms with Crippen LogP contribution in [0.15, 0.2) is 11.8 Å². The van der Waals surface area contributed by atoms with E-state index in [0.29, 0.717) is 18.5 Å². The zero-order valence-corrected chi connectivity index (χ0v) is 7.04. The lowest BCUT2D eigenvalue weighted by Gasteiger charge is -2.22. The number of nitrogens with two attached hydrogens (primary N) is 1. The molecule has 0 saturated carbocycles. The Balaban J connectivity index is 2.76. The van der Waals surface area contributed by atoms with E-state index in [0.717, 1.165) is 6.42 Å². The Morgan fingerprint density at radius 2 is 2.25 bits per heavy atom. The molecule has 0 aromatic heterocycles. The van der Waals surface area contributed by atoms with E-state index in [4.69, 9.17) is 5.73 Å². The van der Waals surface area contributed by atoms with Crippen LogP contribution in [-0.2, 0) is 9.59 Å². The number of nitrogens with zero attached hydrogens (tertiary/aromatic N) is 1. The third-order valence-corrected chi connectivity index (χ3v) is 1.88. The van der Waals surface area contributed by atoms with E-state index < -0.39 is 5.91 Å². The van der Waals surface area contributed by atoms with E-state index in [1.807, 2.05) is 0 Å². The molecule has 1 rings (SSSR count). The molecule has 0 spiro atoms. The maximum Gasteiger partial charge on any atom is 0.246 e. The Kier molecular flexibility index (Phi) is 2.47. The minimum Gasteiger partial charge on any atom is -0.366 e. The van der Waals surface area contributed by atoms with Gasteiger partial charge >= 0.3 is 0 Å². The molecule has 12 heavy (non-hydrogen) atoms. The lowest BCUT2D eigenvalue weighted by Crippen LogP contribution is -2.30. The summed E-state index contributed by atoms with van der Waals surface area (Å²) in [5.74, 6) is -0.477. The van der Waals surface area contributed by atoms with Gasteiger partial charge in [0.2, 0.25) is 11.8 Å². The molecule has 2 N–H and O–H groups in total. The van der Waals surface area contributed by atoms with Crippen LogP contribution < -0.4 is 5.73 Å². The lowest BCUT2D eigenvalue weighted by atomic mass is 10.1. The van der Waals surface area contributed by atoms with E-state index in [9.17, 15) is 9.59 Å². The first-order valence-corrected chi connectivity index (χ1v) is 3.89. The first kappa shape index (κ1) is 8.77. The summed E-state index contributed by atoms with van der Waals surface area (Å²) in [7, 11) is 0. The number of amides is 2. The van der Waals surface area contributed by atoms with Crippen molar-refractivity contribution >= 4 is 11.8 Å². The zero-order chi connectivity index (χ0) is 9.14. The molecule has 0 radical (unpaired) electrons. The van der Waals surface area contributed by atoms with Crippen LogP contribution in [0.4, 0.5) is 0 Å². The molecule has 0 aromatic rings. The summed E-state index contributed by atoms with van der Waals surface area (Å²) in [5, 5.41) is 0. The smallest absolute Gasteiger partial charge is 0.246 e. The maximum absolute atomic E-state index is 10.9. The van der Waals surface area contributed by atoms with Gasteiger partial charge in [-0.05, 0) is 12.8 Å². The molecule has 1 aliphatic heterocycles. The van der Waals surface area contributed by atoms with E-state index in [1.54, 1.807) is 6.20 Å². The van der Waals surface area contributed by atoms with Crippen molar-refractivity contribution in [3.63, 3.8) is 0 Å². The predicted molar refractivity (Wildman–Crippen MR) is 43.9 cm³/mol. The van der Waals surface area contributed by atoms with Crippen molar-refractivity contribution in [2.75, 3.05) is 6.54 Å². The van der Waals surface area contributed by atoms with Gasteiger partial charge in [-0.3, -0.25) is 9.59 Å². The van der Waals surface area contributed by atoms with Gasteiger partial charge in [-0.1, -0.05) is 0 Å². The largest absolute Gasteiger partial charge is 0.366 e. The van der Waals surface area contributed by atoms with Gasteiger partial charge in [0, 0.05) is 25.2 Å². The number of carbonyl (C=O) groups excluding carboxylic acids is 2. The normalized spacial score (nSPS) is 17.1. The van der Waals surface area contributed by atoms with Gasteiger partial charge in [0.25, 0.3) is 0 Å². The highest BCUT2D eigenvalue weighted by molar-refractivity contribution is 5.92. The Hall–Kier alpha value is -1.32. The van der Waals surface area contributed by atoms with Crippen molar-refractivity contribution in [3.05, 3.63) is 11.8 Å². The van der Waals surface area contributed by atoms with Crippen molar-refractivity contribution in [3.8, 4) is 0 Å². The molecule has 0 fully saturated rings. The van der Waals surface area contributed by atoms with E-state index in [2.05, 4.69) is 0 Å². The van der Waals surface area contributed by atoms with Crippen LogP contribution in [0.25, 0.3) is 0 Å². The molecule has 0 saturated heterocycles. The van der Waals surface area contributed by atoms with Crippen LogP contribution in [0.1, 0.15) is 19.8 Å². The van der Waals surface area contributed by atoms with Gasteiger partial charge in [0.15, 0.2) is 0 Å². The number of hydrogen-bond acceptors (Lipinski definition) is 2. The molecule has 0 bridgehead atoms. The minimum absolute atomic E-state index is 0.0477. The van der Waals surface area contributed by atoms with Crippen molar-refractivity contribution in [1.82, 2.24) is 4.90 Å². The first-order chi connectivity index (χ1) is 5.61. The Morgan fingerprint density at radius 3 is 2.75 bits per heavy atom. The molecule has 4 heteroatoms. The fourth-order valence-corrected chi connectivity index (χ4v) is 1.19. The van der Waals surface area contributed by atoms with Crippen LogP contribution in [0.2, 0.25) is 0 Å². The van der Waals surface area contributed by atoms with Gasteiger partial charge in [-0.25, -0.2) is 0 Å². The fraction of sp³-hybridized carbons (Fsp3) is 0.500. The van der Waals surface area contributed by atoms with E-state index in [-0.39, 0.29) is 5.91 Å². The third-order valence-electron chi connectivity index (χ3n) is 1.88. The molecule has 2 amide bonds. The van der Waals surface area contributed by atoms with Crippen molar-refractivity contribution in [2.24, 2.45) is 5.73 Å². The summed E-state index contributed by atoms with van der Waals surface area (Å²) >= 11 is 0. The molecule has 1 aliphatic rings. The van der Waals surface area contributed by atoms with Crippen LogP contribution in [0, 0.1) is 0 Å². The Morgan fingerprint density at radius 1 is 1.58 bits per heavy atom. The Bertz CT molecular complexity index is 245. The fourth-order valence-electron chi connectivity index (χ4n) is 1.19. The second kappa shape index (κ2) is 3.38. The monoisotopic (exact) mass is 168 g/mol. The molecule has 0 aromatic carbocycles. The van der Waals surface area contributed by atoms with Gasteiger partial charge < -0.3 is 10.6 Å². The molecule has 4 nitrogen and oxygen atoms in total.